The molecule has 0 aromatic heterocycles. The van der Waals surface area contributed by atoms with Gasteiger partial charge in [0, 0.05) is 18.2 Å². The Balaban J connectivity index is 1.77. The molecule has 0 radical (unpaired) electrons. The van der Waals surface area contributed by atoms with Crippen LogP contribution in [0.25, 0.3) is 0 Å². The highest BCUT2D eigenvalue weighted by Crippen LogP contribution is 2.33. The van der Waals surface area contributed by atoms with E-state index in [1.54, 1.807) is 0 Å². The maximum absolute atomic E-state index is 5.92. The molecule has 6 heteroatoms. The highest BCUT2D eigenvalue weighted by Gasteiger charge is 2.43. The monoisotopic (exact) mass is 283 g/mol. The molecule has 1 saturated carbocycles. The summed E-state index contributed by atoms with van der Waals surface area (Å²) >= 11 is 5.92. The lowest BCUT2D eigenvalue weighted by molar-refractivity contribution is -0.0603. The summed E-state index contributed by atoms with van der Waals surface area (Å²) in [6.07, 6.45) is 3.65. The van der Waals surface area contributed by atoms with Crippen LogP contribution in [0.5, 0.6) is 0 Å². The van der Waals surface area contributed by atoms with Crippen LogP contribution < -0.4 is 10.9 Å². The summed E-state index contributed by atoms with van der Waals surface area (Å²) in [4.78, 5) is 0. The zero-order valence-corrected chi connectivity index (χ0v) is 12.2. The van der Waals surface area contributed by atoms with Crippen molar-refractivity contribution in [1.29, 1.82) is 0 Å². The van der Waals surface area contributed by atoms with Crippen LogP contribution in [-0.2, 0) is 0 Å². The normalized spacial score (nSPS) is 32.1. The van der Waals surface area contributed by atoms with Crippen LogP contribution in [0.1, 0.15) is 26.2 Å². The van der Waals surface area contributed by atoms with E-state index >= 15 is 0 Å². The lowest BCUT2D eigenvalue weighted by atomic mass is 9.95. The number of alkyl halides is 1. The lowest BCUT2D eigenvalue weighted by Gasteiger charge is -2.40. The van der Waals surface area contributed by atoms with Gasteiger partial charge in [-0.05, 0) is 31.7 Å². The van der Waals surface area contributed by atoms with Gasteiger partial charge in [0.2, 0.25) is 0 Å². The molecule has 2 atom stereocenters. The Hall–Kier alpha value is -0.780. The fourth-order valence-corrected chi connectivity index (χ4v) is 2.92. The number of nitrogens with zero attached hydrogens (tertiary/aromatic N) is 3. The van der Waals surface area contributed by atoms with Crippen molar-refractivity contribution in [2.45, 2.75) is 38.3 Å². The third-order valence-electron chi connectivity index (χ3n) is 4.18. The van der Waals surface area contributed by atoms with Gasteiger partial charge >= 0.3 is 0 Å². The molecule has 19 heavy (non-hydrogen) atoms. The first-order chi connectivity index (χ1) is 9.22. The van der Waals surface area contributed by atoms with E-state index in [9.17, 15) is 0 Å². The predicted molar refractivity (Wildman–Crippen MR) is 77.6 cm³/mol. The van der Waals surface area contributed by atoms with Gasteiger partial charge in [-0.15, -0.1) is 21.8 Å². The standard InChI is InChI=1S/C13H22ClN5/c1-9-5-6-15-8-12(9)19-17-16-13(10(2)7-14)18(19)11-3-4-11/h9,11-12,15,17H,2-8H2,1H3/t9?,12-/m0/s1. The Labute approximate surface area is 119 Å². The van der Waals surface area contributed by atoms with E-state index in [0.717, 1.165) is 24.5 Å². The van der Waals surface area contributed by atoms with E-state index in [-0.39, 0.29) is 0 Å². The molecule has 3 rings (SSSR count). The number of halogens is 1. The second-order valence-corrected chi connectivity index (χ2v) is 6.00. The second kappa shape index (κ2) is 5.31. The van der Waals surface area contributed by atoms with Gasteiger partial charge in [0.15, 0.2) is 5.84 Å². The Morgan fingerprint density at radius 1 is 1.47 bits per heavy atom. The largest absolute Gasteiger partial charge is 0.315 e. The van der Waals surface area contributed by atoms with Crippen molar-refractivity contribution in [3.05, 3.63) is 12.2 Å². The second-order valence-electron chi connectivity index (χ2n) is 5.73. The number of piperidine rings is 1. The number of nitrogens with one attached hydrogen (secondary N) is 2. The number of hydrogen-bond donors (Lipinski definition) is 2. The van der Waals surface area contributed by atoms with Crippen molar-refractivity contribution < 1.29 is 0 Å². The van der Waals surface area contributed by atoms with Crippen LogP contribution in [-0.4, -0.2) is 47.0 Å². The minimum Gasteiger partial charge on any atom is -0.315 e. The molecule has 106 valence electrons. The molecule has 0 aromatic rings. The summed E-state index contributed by atoms with van der Waals surface area (Å²) in [6.45, 7) is 8.44. The molecule has 2 aliphatic heterocycles. The SMILES string of the molecule is C=C(CCl)C1=NNN([C@H]2CNCCC2C)N1C1CC1. The topological polar surface area (TPSA) is 42.9 Å². The molecule has 0 aromatic carbocycles. The minimum atomic E-state index is 0.427. The summed E-state index contributed by atoms with van der Waals surface area (Å²) in [6, 6.07) is 0.988. The van der Waals surface area contributed by atoms with Gasteiger partial charge in [0.05, 0.1) is 11.9 Å². The molecule has 1 saturated heterocycles. The molecule has 2 heterocycles. The Morgan fingerprint density at radius 3 is 2.89 bits per heavy atom. The molecule has 2 fully saturated rings. The van der Waals surface area contributed by atoms with Gasteiger partial charge in [-0.1, -0.05) is 13.5 Å². The molecule has 3 aliphatic rings. The number of amidine groups is 1. The van der Waals surface area contributed by atoms with Crippen LogP contribution in [0.15, 0.2) is 17.3 Å². The molecule has 1 unspecified atom stereocenters. The maximum Gasteiger partial charge on any atom is 0.170 e. The van der Waals surface area contributed by atoms with Crippen molar-refractivity contribution in [3.63, 3.8) is 0 Å². The van der Waals surface area contributed by atoms with Gasteiger partial charge in [-0.2, -0.15) is 0 Å². The first-order valence-electron chi connectivity index (χ1n) is 7.09. The average Bonchev–Trinajstić information content (AvgIpc) is 3.18. The van der Waals surface area contributed by atoms with Gasteiger partial charge in [0.1, 0.15) is 0 Å². The maximum atomic E-state index is 5.92. The van der Waals surface area contributed by atoms with E-state index in [1.807, 2.05) is 0 Å². The highest BCUT2D eigenvalue weighted by atomic mass is 35.5. The summed E-state index contributed by atoms with van der Waals surface area (Å²) in [5, 5.41) is 12.4. The van der Waals surface area contributed by atoms with Crippen LogP contribution >= 0.6 is 11.6 Å². The summed E-state index contributed by atoms with van der Waals surface area (Å²) in [7, 11) is 0. The Kier molecular flexibility index (Phi) is 3.69. The average molecular weight is 284 g/mol. The van der Waals surface area contributed by atoms with E-state index in [0.29, 0.717) is 23.9 Å². The fourth-order valence-electron chi connectivity index (χ4n) is 2.80. The lowest BCUT2D eigenvalue weighted by Crippen LogP contribution is -2.59. The van der Waals surface area contributed by atoms with Crippen molar-refractivity contribution in [2.75, 3.05) is 19.0 Å². The third-order valence-corrected chi connectivity index (χ3v) is 4.50. The molecular formula is C13H22ClN5. The van der Waals surface area contributed by atoms with E-state index < -0.39 is 0 Å². The van der Waals surface area contributed by atoms with Crippen LogP contribution in [0.3, 0.4) is 0 Å². The Bertz CT molecular complexity index is 392. The molecule has 0 bridgehead atoms. The number of hydrazone groups is 1. The first-order valence-corrected chi connectivity index (χ1v) is 7.62. The van der Waals surface area contributed by atoms with Crippen molar-refractivity contribution in [1.82, 2.24) is 21.0 Å². The number of hydrazine groups is 2. The smallest absolute Gasteiger partial charge is 0.170 e. The van der Waals surface area contributed by atoms with E-state index in [1.165, 1.54) is 19.3 Å². The fraction of sp³-hybridized carbons (Fsp3) is 0.769. The molecule has 0 spiro atoms. The summed E-state index contributed by atoms with van der Waals surface area (Å²) < 4.78 is 0. The minimum absolute atomic E-state index is 0.427. The van der Waals surface area contributed by atoms with E-state index in [4.69, 9.17) is 11.6 Å². The molecular weight excluding hydrogens is 262 g/mol. The third kappa shape index (κ3) is 2.47. The van der Waals surface area contributed by atoms with Crippen LogP contribution in [0.4, 0.5) is 0 Å². The molecule has 1 aliphatic carbocycles. The first kappa shape index (κ1) is 13.2. The zero-order valence-electron chi connectivity index (χ0n) is 11.4. The van der Waals surface area contributed by atoms with Gasteiger partial charge in [0.25, 0.3) is 0 Å². The van der Waals surface area contributed by atoms with Crippen molar-refractivity contribution in [3.8, 4) is 0 Å². The summed E-state index contributed by atoms with van der Waals surface area (Å²) in [5.74, 6) is 1.99. The number of hydrogen-bond acceptors (Lipinski definition) is 5. The highest BCUT2D eigenvalue weighted by molar-refractivity contribution is 6.23. The predicted octanol–water partition coefficient (Wildman–Crippen LogP) is 1.29. The summed E-state index contributed by atoms with van der Waals surface area (Å²) in [5.41, 5.74) is 4.07. The van der Waals surface area contributed by atoms with Gasteiger partial charge < -0.3 is 5.32 Å². The molecule has 5 nitrogen and oxygen atoms in total. The van der Waals surface area contributed by atoms with Crippen LogP contribution in [0.2, 0.25) is 0 Å². The number of rotatable bonds is 4. The Morgan fingerprint density at radius 2 is 2.26 bits per heavy atom. The van der Waals surface area contributed by atoms with Crippen LogP contribution in [0, 0.1) is 5.92 Å². The van der Waals surface area contributed by atoms with Gasteiger partial charge in [-0.3, -0.25) is 5.01 Å². The zero-order chi connectivity index (χ0) is 13.4. The van der Waals surface area contributed by atoms with Gasteiger partial charge in [-0.25, -0.2) is 5.53 Å². The van der Waals surface area contributed by atoms with E-state index in [2.05, 4.69) is 39.6 Å². The quantitative estimate of drug-likeness (QED) is 0.763. The molecule has 2 N–H and O–H groups in total. The van der Waals surface area contributed by atoms with Crippen molar-refractivity contribution >= 4 is 17.4 Å². The van der Waals surface area contributed by atoms with Crippen molar-refractivity contribution in [2.24, 2.45) is 11.0 Å². The molecule has 0 amide bonds.